The first-order chi connectivity index (χ1) is 15.3. The van der Waals surface area contributed by atoms with Gasteiger partial charge in [0.25, 0.3) is 0 Å². The average molecular weight is 474 g/mol. The Labute approximate surface area is 192 Å². The molecule has 9 heteroatoms. The number of anilines is 1. The van der Waals surface area contributed by atoms with E-state index >= 15 is 0 Å². The second-order valence-corrected chi connectivity index (χ2v) is 11.3. The third kappa shape index (κ3) is 4.63. The van der Waals surface area contributed by atoms with Crippen LogP contribution < -0.4 is 4.90 Å². The molecule has 0 N–H and O–H groups in total. The lowest BCUT2D eigenvalue weighted by molar-refractivity contribution is -0.130. The van der Waals surface area contributed by atoms with E-state index in [4.69, 9.17) is 0 Å². The smallest absolute Gasteiger partial charge is 0.234 e. The Balaban J connectivity index is 1.52. The quantitative estimate of drug-likeness (QED) is 0.574. The Kier molecular flexibility index (Phi) is 6.48. The van der Waals surface area contributed by atoms with Gasteiger partial charge in [-0.1, -0.05) is 31.1 Å². The van der Waals surface area contributed by atoms with E-state index in [2.05, 4.69) is 11.6 Å². The molecule has 0 unspecified atom stereocenters. The molecule has 7 nitrogen and oxygen atoms in total. The predicted molar refractivity (Wildman–Crippen MR) is 125 cm³/mol. The van der Waals surface area contributed by atoms with Crippen LogP contribution in [0.25, 0.3) is 11.3 Å². The van der Waals surface area contributed by atoms with E-state index in [9.17, 15) is 18.0 Å². The van der Waals surface area contributed by atoms with Crippen LogP contribution in [0, 0.1) is 5.92 Å². The number of aromatic nitrogens is 1. The van der Waals surface area contributed by atoms with Gasteiger partial charge in [0.1, 0.15) is 0 Å². The standard InChI is InChI=1S/C23H27N3O4S2/c1-3-12-25(22(28)17-13-21(27)26(14-17)18-6-4-5-7-18)23-24-20(15-31-23)16-8-10-19(11-9-16)32(2,29)30/h3,8-11,15,17-18H,1,4-7,12-14H2,2H3/t17-/m0/s1. The molecular formula is C23H27N3O4S2. The summed E-state index contributed by atoms with van der Waals surface area (Å²) in [5, 5.41) is 2.39. The molecule has 32 heavy (non-hydrogen) atoms. The van der Waals surface area contributed by atoms with Crippen LogP contribution in [0.3, 0.4) is 0 Å². The number of amides is 2. The van der Waals surface area contributed by atoms with E-state index in [0.717, 1.165) is 31.2 Å². The Morgan fingerprint density at radius 3 is 2.59 bits per heavy atom. The highest BCUT2D eigenvalue weighted by Gasteiger charge is 2.40. The van der Waals surface area contributed by atoms with Crippen LogP contribution in [-0.4, -0.2) is 55.5 Å². The van der Waals surface area contributed by atoms with E-state index in [1.807, 2.05) is 10.3 Å². The number of benzene rings is 1. The van der Waals surface area contributed by atoms with Crippen LogP contribution in [0.5, 0.6) is 0 Å². The summed E-state index contributed by atoms with van der Waals surface area (Å²) < 4.78 is 23.4. The number of nitrogens with zero attached hydrogens (tertiary/aromatic N) is 3. The highest BCUT2D eigenvalue weighted by atomic mass is 32.2. The largest absolute Gasteiger partial charge is 0.339 e. The lowest BCUT2D eigenvalue weighted by Crippen LogP contribution is -2.39. The van der Waals surface area contributed by atoms with E-state index in [1.165, 1.54) is 17.6 Å². The van der Waals surface area contributed by atoms with Gasteiger partial charge in [-0.2, -0.15) is 0 Å². The zero-order chi connectivity index (χ0) is 22.9. The third-order valence-corrected chi connectivity index (χ3v) is 8.14. The number of thiazole rings is 1. The number of sulfone groups is 1. The number of hydrogen-bond donors (Lipinski definition) is 0. The minimum Gasteiger partial charge on any atom is -0.339 e. The van der Waals surface area contributed by atoms with Gasteiger partial charge in [-0.3, -0.25) is 14.5 Å². The molecule has 1 aliphatic carbocycles. The lowest BCUT2D eigenvalue weighted by Gasteiger charge is -2.25. The van der Waals surface area contributed by atoms with E-state index < -0.39 is 9.84 Å². The zero-order valence-corrected chi connectivity index (χ0v) is 19.7. The molecule has 1 saturated carbocycles. The summed E-state index contributed by atoms with van der Waals surface area (Å²) in [6.07, 6.45) is 7.41. The second kappa shape index (κ2) is 9.15. The van der Waals surface area contributed by atoms with Crippen molar-refractivity contribution in [1.29, 1.82) is 0 Å². The second-order valence-electron chi connectivity index (χ2n) is 8.43. The van der Waals surface area contributed by atoms with Gasteiger partial charge in [0.15, 0.2) is 15.0 Å². The van der Waals surface area contributed by atoms with Gasteiger partial charge in [0.2, 0.25) is 11.8 Å². The molecule has 2 aromatic rings. The fourth-order valence-electron chi connectivity index (χ4n) is 4.47. The molecule has 0 radical (unpaired) electrons. The van der Waals surface area contributed by atoms with Crippen molar-refractivity contribution in [1.82, 2.24) is 9.88 Å². The maximum absolute atomic E-state index is 13.3. The molecule has 0 bridgehead atoms. The summed E-state index contributed by atoms with van der Waals surface area (Å²) >= 11 is 1.35. The van der Waals surface area contributed by atoms with Crippen molar-refractivity contribution in [2.24, 2.45) is 5.92 Å². The molecule has 1 aromatic heterocycles. The Morgan fingerprint density at radius 1 is 1.28 bits per heavy atom. The van der Waals surface area contributed by atoms with Gasteiger partial charge in [0, 0.05) is 42.8 Å². The maximum atomic E-state index is 13.3. The molecule has 1 saturated heterocycles. The van der Waals surface area contributed by atoms with Crippen LogP contribution >= 0.6 is 11.3 Å². The molecule has 0 spiro atoms. The van der Waals surface area contributed by atoms with Crippen molar-refractivity contribution >= 4 is 38.1 Å². The predicted octanol–water partition coefficient (Wildman–Crippen LogP) is 3.52. The number of hydrogen-bond acceptors (Lipinski definition) is 6. The summed E-state index contributed by atoms with van der Waals surface area (Å²) in [5.41, 5.74) is 1.44. The fourth-order valence-corrected chi connectivity index (χ4v) is 5.95. The Bertz CT molecular complexity index is 1120. The van der Waals surface area contributed by atoms with Crippen LogP contribution in [0.2, 0.25) is 0 Å². The number of carbonyl (C=O) groups is 2. The van der Waals surface area contributed by atoms with Crippen LogP contribution in [-0.2, 0) is 19.4 Å². The minimum absolute atomic E-state index is 0.0691. The molecule has 1 aliphatic heterocycles. The molecule has 4 rings (SSSR count). The molecule has 2 amide bonds. The molecule has 1 atom stereocenters. The van der Waals surface area contributed by atoms with Crippen LogP contribution in [0.15, 0.2) is 47.2 Å². The molecule has 2 heterocycles. The van der Waals surface area contributed by atoms with Crippen molar-refractivity contribution < 1.29 is 18.0 Å². The number of rotatable bonds is 7. The molecule has 170 valence electrons. The number of likely N-dealkylation sites (tertiary alicyclic amines) is 1. The van der Waals surface area contributed by atoms with Gasteiger partial charge < -0.3 is 4.90 Å². The Morgan fingerprint density at radius 2 is 1.97 bits per heavy atom. The highest BCUT2D eigenvalue weighted by Crippen LogP contribution is 2.33. The summed E-state index contributed by atoms with van der Waals surface area (Å²) in [5.74, 6) is -0.406. The summed E-state index contributed by atoms with van der Waals surface area (Å²) in [6, 6.07) is 6.80. The van der Waals surface area contributed by atoms with Gasteiger partial charge in [0.05, 0.1) is 16.5 Å². The first kappa shape index (κ1) is 22.7. The SMILES string of the molecule is C=CCN(C(=O)[C@H]1CC(=O)N(C2CCCC2)C1)c1nc(-c2ccc(S(C)(=O)=O)cc2)cs1. The lowest BCUT2D eigenvalue weighted by atomic mass is 10.1. The topological polar surface area (TPSA) is 87.7 Å². The van der Waals surface area contributed by atoms with Gasteiger partial charge >= 0.3 is 0 Å². The normalized spacial score (nSPS) is 19.5. The first-order valence-electron chi connectivity index (χ1n) is 10.8. The van der Waals surface area contributed by atoms with Crippen LogP contribution in [0.1, 0.15) is 32.1 Å². The highest BCUT2D eigenvalue weighted by molar-refractivity contribution is 7.90. The fraction of sp³-hybridized carbons (Fsp3) is 0.435. The molecule has 2 aliphatic rings. The first-order valence-corrected chi connectivity index (χ1v) is 13.5. The summed E-state index contributed by atoms with van der Waals surface area (Å²) in [7, 11) is -3.27. The van der Waals surface area contributed by atoms with Crippen molar-refractivity contribution in [3.8, 4) is 11.3 Å². The summed E-state index contributed by atoms with van der Waals surface area (Å²) in [6.45, 7) is 4.56. The van der Waals surface area contributed by atoms with Crippen molar-refractivity contribution in [3.63, 3.8) is 0 Å². The molecule has 2 fully saturated rings. The maximum Gasteiger partial charge on any atom is 0.234 e. The average Bonchev–Trinajstić information content (AvgIpc) is 3.51. The Hall–Kier alpha value is -2.52. The van der Waals surface area contributed by atoms with E-state index in [-0.39, 0.29) is 35.1 Å². The third-order valence-electron chi connectivity index (χ3n) is 6.15. The van der Waals surface area contributed by atoms with Crippen LogP contribution in [0.4, 0.5) is 5.13 Å². The monoisotopic (exact) mass is 473 g/mol. The van der Waals surface area contributed by atoms with Crippen molar-refractivity contribution in [3.05, 3.63) is 42.3 Å². The van der Waals surface area contributed by atoms with Gasteiger partial charge in [-0.05, 0) is 25.0 Å². The van der Waals surface area contributed by atoms with Gasteiger partial charge in [-0.25, -0.2) is 13.4 Å². The number of carbonyl (C=O) groups excluding carboxylic acids is 2. The summed E-state index contributed by atoms with van der Waals surface area (Å²) in [4.78, 5) is 34.3. The van der Waals surface area contributed by atoms with E-state index in [0.29, 0.717) is 23.9 Å². The minimum atomic E-state index is -3.27. The molecule has 1 aromatic carbocycles. The van der Waals surface area contributed by atoms with Crippen molar-refractivity contribution in [2.45, 2.75) is 43.0 Å². The van der Waals surface area contributed by atoms with Gasteiger partial charge in [-0.15, -0.1) is 17.9 Å². The van der Waals surface area contributed by atoms with Crippen molar-refractivity contribution in [2.75, 3.05) is 24.2 Å². The molecular weight excluding hydrogens is 446 g/mol. The zero-order valence-electron chi connectivity index (χ0n) is 18.1. The van der Waals surface area contributed by atoms with E-state index in [1.54, 1.807) is 35.2 Å².